The number of imidazole rings is 1. The Morgan fingerprint density at radius 1 is 0.622 bits per heavy atom. The highest BCUT2D eigenvalue weighted by atomic mass is 15.0. The summed E-state index contributed by atoms with van der Waals surface area (Å²) >= 11 is 0. The van der Waals surface area contributed by atoms with Crippen molar-refractivity contribution in [2.24, 2.45) is 0 Å². The molecule has 4 heteroatoms. The van der Waals surface area contributed by atoms with Crippen LogP contribution in [0.4, 0.5) is 0 Å². The van der Waals surface area contributed by atoms with Gasteiger partial charge in [-0.3, -0.25) is 9.38 Å². The van der Waals surface area contributed by atoms with Gasteiger partial charge in [-0.25, -0.2) is 4.98 Å². The van der Waals surface area contributed by atoms with Gasteiger partial charge in [0.25, 0.3) is 0 Å². The molecule has 0 amide bonds. The van der Waals surface area contributed by atoms with Crippen LogP contribution in [0.3, 0.4) is 0 Å². The van der Waals surface area contributed by atoms with E-state index < -0.39 is 0 Å². The number of pyridine rings is 2. The lowest BCUT2D eigenvalue weighted by molar-refractivity contribution is 1.18. The van der Waals surface area contributed by atoms with Gasteiger partial charge in [0, 0.05) is 45.8 Å². The summed E-state index contributed by atoms with van der Waals surface area (Å²) in [5, 5.41) is 4.78. The molecule has 0 unspecified atom stereocenters. The lowest BCUT2D eigenvalue weighted by atomic mass is 10.0. The number of nitrogens with zero attached hydrogens (tertiary/aromatic N) is 4. The molecule has 8 aromatic rings. The molecular weight excluding hydrogens is 452 g/mol. The summed E-state index contributed by atoms with van der Waals surface area (Å²) in [6.45, 7) is 0. The van der Waals surface area contributed by atoms with E-state index in [9.17, 15) is 0 Å². The number of hydrogen-bond acceptors (Lipinski definition) is 2. The number of benzene rings is 4. The van der Waals surface area contributed by atoms with Gasteiger partial charge in [-0.1, -0.05) is 48.5 Å². The van der Waals surface area contributed by atoms with Crippen molar-refractivity contribution in [1.29, 1.82) is 0 Å². The van der Waals surface area contributed by atoms with Crippen LogP contribution in [0.1, 0.15) is 11.1 Å². The van der Waals surface area contributed by atoms with Crippen molar-refractivity contribution in [3.8, 4) is 16.8 Å². The molecule has 4 nitrogen and oxygen atoms in total. The van der Waals surface area contributed by atoms with Gasteiger partial charge in [0.05, 0.1) is 22.1 Å². The maximum absolute atomic E-state index is 4.92. The van der Waals surface area contributed by atoms with E-state index in [0.29, 0.717) is 0 Å². The van der Waals surface area contributed by atoms with Crippen molar-refractivity contribution >= 4 is 49.3 Å². The molecule has 0 radical (unpaired) electrons. The molecule has 0 N–H and O–H groups in total. The molecule has 4 aromatic carbocycles. The summed E-state index contributed by atoms with van der Waals surface area (Å²) in [6, 6.07) is 33.0. The van der Waals surface area contributed by atoms with Crippen LogP contribution in [0.2, 0.25) is 0 Å². The van der Waals surface area contributed by atoms with Gasteiger partial charge >= 0.3 is 0 Å². The zero-order valence-electron chi connectivity index (χ0n) is 19.9. The lowest BCUT2D eigenvalue weighted by Crippen LogP contribution is -1.97. The zero-order valence-corrected chi connectivity index (χ0v) is 19.9. The molecule has 172 valence electrons. The minimum absolute atomic E-state index is 0.957. The van der Waals surface area contributed by atoms with E-state index in [1.807, 2.05) is 24.7 Å². The van der Waals surface area contributed by atoms with E-state index in [0.717, 1.165) is 39.6 Å². The topological polar surface area (TPSA) is 35.1 Å². The molecule has 0 aliphatic heterocycles. The predicted molar refractivity (Wildman–Crippen MR) is 151 cm³/mol. The Morgan fingerprint density at radius 2 is 1.49 bits per heavy atom. The largest absolute Gasteiger partial charge is 0.309 e. The second-order valence-electron chi connectivity index (χ2n) is 9.91. The number of para-hydroxylation sites is 1. The average Bonchev–Trinajstić information content (AvgIpc) is 3.66. The lowest BCUT2D eigenvalue weighted by Gasteiger charge is -2.13. The Balaban J connectivity index is 1.56. The molecule has 9 rings (SSSR count). The Labute approximate surface area is 212 Å². The van der Waals surface area contributed by atoms with Gasteiger partial charge in [-0.15, -0.1) is 0 Å². The van der Waals surface area contributed by atoms with Crippen molar-refractivity contribution < 1.29 is 0 Å². The number of fused-ring (bicyclic) bond motifs is 13. The minimum Gasteiger partial charge on any atom is -0.309 e. The SMILES string of the molecule is c1ccc(-n2c3cc4c(cc3c3ccc5c(c6ncccc6n6ccnc56)c32)Cc2ccccc2-4)cc1. The number of rotatable bonds is 1. The van der Waals surface area contributed by atoms with Crippen molar-refractivity contribution in [2.45, 2.75) is 6.42 Å². The summed E-state index contributed by atoms with van der Waals surface area (Å²) in [7, 11) is 0. The fourth-order valence-corrected chi connectivity index (χ4v) is 6.49. The Morgan fingerprint density at radius 3 is 2.43 bits per heavy atom. The highest BCUT2D eigenvalue weighted by Gasteiger charge is 2.24. The van der Waals surface area contributed by atoms with Crippen LogP contribution >= 0.6 is 0 Å². The van der Waals surface area contributed by atoms with E-state index in [2.05, 4.69) is 93.9 Å². The highest BCUT2D eigenvalue weighted by Crippen LogP contribution is 2.44. The predicted octanol–water partition coefficient (Wildman–Crippen LogP) is 7.70. The Bertz CT molecular complexity index is 2220. The van der Waals surface area contributed by atoms with Gasteiger partial charge < -0.3 is 4.57 Å². The Hall–Kier alpha value is -4.96. The first-order valence-electron chi connectivity index (χ1n) is 12.6. The van der Waals surface area contributed by atoms with E-state index in [1.54, 1.807) is 0 Å². The molecule has 0 saturated carbocycles. The molecule has 0 saturated heterocycles. The van der Waals surface area contributed by atoms with Crippen molar-refractivity contribution in [1.82, 2.24) is 18.9 Å². The molecule has 0 spiro atoms. The summed E-state index contributed by atoms with van der Waals surface area (Å²) in [6.07, 6.45) is 6.77. The molecule has 4 aromatic heterocycles. The fourth-order valence-electron chi connectivity index (χ4n) is 6.49. The molecule has 1 aliphatic rings. The monoisotopic (exact) mass is 472 g/mol. The molecule has 0 atom stereocenters. The van der Waals surface area contributed by atoms with E-state index in [1.165, 1.54) is 44.1 Å². The van der Waals surface area contributed by atoms with Gasteiger partial charge in [-0.05, 0) is 71.1 Å². The summed E-state index contributed by atoms with van der Waals surface area (Å²) in [5.41, 5.74) is 12.1. The number of hydrogen-bond donors (Lipinski definition) is 0. The second kappa shape index (κ2) is 6.83. The van der Waals surface area contributed by atoms with Gasteiger partial charge in [0.2, 0.25) is 0 Å². The maximum atomic E-state index is 4.92. The average molecular weight is 473 g/mol. The first-order chi connectivity index (χ1) is 18.4. The van der Waals surface area contributed by atoms with Crippen LogP contribution in [0.5, 0.6) is 0 Å². The molecule has 4 heterocycles. The maximum Gasteiger partial charge on any atom is 0.145 e. The first kappa shape index (κ1) is 19.3. The van der Waals surface area contributed by atoms with Gasteiger partial charge in [-0.2, -0.15) is 0 Å². The summed E-state index contributed by atoms with van der Waals surface area (Å²) in [5.74, 6) is 0. The smallest absolute Gasteiger partial charge is 0.145 e. The van der Waals surface area contributed by atoms with Crippen LogP contribution in [0, 0.1) is 0 Å². The molecule has 1 aliphatic carbocycles. The third-order valence-electron chi connectivity index (χ3n) is 8.02. The minimum atomic E-state index is 0.957. The highest BCUT2D eigenvalue weighted by molar-refractivity contribution is 6.26. The third-order valence-corrected chi connectivity index (χ3v) is 8.02. The van der Waals surface area contributed by atoms with Crippen LogP contribution in [-0.4, -0.2) is 18.9 Å². The first-order valence-corrected chi connectivity index (χ1v) is 12.6. The molecule has 37 heavy (non-hydrogen) atoms. The number of aromatic nitrogens is 4. The van der Waals surface area contributed by atoms with E-state index in [-0.39, 0.29) is 0 Å². The van der Waals surface area contributed by atoms with Crippen molar-refractivity contribution in [2.75, 3.05) is 0 Å². The molecule has 0 fully saturated rings. The summed E-state index contributed by atoms with van der Waals surface area (Å²) in [4.78, 5) is 9.69. The third kappa shape index (κ3) is 2.42. The van der Waals surface area contributed by atoms with Crippen molar-refractivity contribution in [3.63, 3.8) is 0 Å². The van der Waals surface area contributed by atoms with E-state index >= 15 is 0 Å². The standard InChI is InChI=1S/C33H20N4/c1-2-8-22(9-3-1)37-29-19-26-21(17-20-7-4-5-10-23(20)26)18-27(29)24-12-13-25-30(32(24)37)31-28(11-6-14-34-31)36-16-15-35-33(25)36/h1-16,18-19H,17H2. The van der Waals surface area contributed by atoms with Crippen LogP contribution in [-0.2, 0) is 6.42 Å². The molecule has 0 bridgehead atoms. The quantitative estimate of drug-likeness (QED) is 0.229. The fraction of sp³-hybridized carbons (Fsp3) is 0.0303. The van der Waals surface area contributed by atoms with Crippen LogP contribution in [0.25, 0.3) is 66.1 Å². The van der Waals surface area contributed by atoms with Crippen LogP contribution < -0.4 is 0 Å². The van der Waals surface area contributed by atoms with Gasteiger partial charge in [0.15, 0.2) is 0 Å². The Kier molecular flexibility index (Phi) is 3.55. The molecular formula is C33H20N4. The summed E-state index contributed by atoms with van der Waals surface area (Å²) < 4.78 is 4.58. The van der Waals surface area contributed by atoms with Crippen molar-refractivity contribution in [3.05, 3.63) is 121 Å². The van der Waals surface area contributed by atoms with E-state index in [4.69, 9.17) is 9.97 Å². The van der Waals surface area contributed by atoms with Gasteiger partial charge in [0.1, 0.15) is 5.65 Å². The second-order valence-corrected chi connectivity index (χ2v) is 9.91. The van der Waals surface area contributed by atoms with Crippen LogP contribution in [0.15, 0.2) is 110 Å². The zero-order chi connectivity index (χ0) is 24.1. The normalized spacial score (nSPS) is 12.8.